The number of nitrogens with one attached hydrogen (secondary N) is 1. The molecule has 0 unspecified atom stereocenters. The fraction of sp³-hybridized carbons (Fsp3) is 0.0833. The molecule has 0 radical (unpaired) electrons. The highest BCUT2D eigenvalue weighted by Crippen LogP contribution is 2.21. The van der Waals surface area contributed by atoms with E-state index in [1.165, 1.54) is 11.3 Å². The van der Waals surface area contributed by atoms with E-state index in [2.05, 4.69) is 5.32 Å². The summed E-state index contributed by atoms with van der Waals surface area (Å²) in [5.41, 5.74) is 4.41. The van der Waals surface area contributed by atoms with E-state index in [4.69, 9.17) is 17.3 Å². The van der Waals surface area contributed by atoms with Gasteiger partial charge in [0.05, 0.1) is 10.9 Å². The molecule has 1 aromatic carbocycles. The zero-order valence-electron chi connectivity index (χ0n) is 9.54. The summed E-state index contributed by atoms with van der Waals surface area (Å²) in [6, 6.07) is 5.26. The van der Waals surface area contributed by atoms with Gasteiger partial charge in [0.1, 0.15) is 17.3 Å². The Kier molecular flexibility index (Phi) is 4.01. The summed E-state index contributed by atoms with van der Waals surface area (Å²) in [7, 11) is 0. The van der Waals surface area contributed by atoms with Crippen LogP contribution in [-0.4, -0.2) is 5.91 Å². The van der Waals surface area contributed by atoms with Crippen molar-refractivity contribution in [2.24, 2.45) is 0 Å². The first-order valence-corrected chi connectivity index (χ1v) is 6.43. The second-order valence-corrected chi connectivity index (χ2v) is 5.54. The van der Waals surface area contributed by atoms with Crippen LogP contribution in [0.3, 0.4) is 0 Å². The Labute approximate surface area is 117 Å². The smallest absolute Gasteiger partial charge is 0.251 e. The highest BCUT2D eigenvalue weighted by atomic mass is 35.5. The number of carbonyl (C=O) groups is 1. The average Bonchev–Trinajstić information content (AvgIpc) is 2.78. The van der Waals surface area contributed by atoms with Gasteiger partial charge in [0.15, 0.2) is 0 Å². The largest absolute Gasteiger partial charge is 0.394 e. The summed E-state index contributed by atoms with van der Waals surface area (Å²) in [6.45, 7) is 0.240. The average molecular weight is 303 g/mol. The van der Waals surface area contributed by atoms with Gasteiger partial charge >= 0.3 is 0 Å². The second-order valence-electron chi connectivity index (χ2n) is 3.74. The zero-order chi connectivity index (χ0) is 14.0. The molecule has 0 bridgehead atoms. The molecular weight excluding hydrogens is 294 g/mol. The lowest BCUT2D eigenvalue weighted by Gasteiger charge is -2.05. The fourth-order valence-corrected chi connectivity index (χ4v) is 2.46. The molecule has 1 heterocycles. The van der Waals surface area contributed by atoms with Crippen LogP contribution in [0.2, 0.25) is 4.34 Å². The van der Waals surface area contributed by atoms with Gasteiger partial charge in [0.2, 0.25) is 0 Å². The molecule has 0 aliphatic carbocycles. The van der Waals surface area contributed by atoms with E-state index in [1.807, 2.05) is 0 Å². The molecule has 3 nitrogen and oxygen atoms in total. The molecule has 1 aromatic heterocycles. The number of thiophene rings is 1. The van der Waals surface area contributed by atoms with Crippen molar-refractivity contribution >= 4 is 34.5 Å². The van der Waals surface area contributed by atoms with Gasteiger partial charge in [-0.05, 0) is 24.3 Å². The van der Waals surface area contributed by atoms with E-state index in [1.54, 1.807) is 12.1 Å². The Balaban J connectivity index is 2.08. The van der Waals surface area contributed by atoms with E-state index in [0.717, 1.165) is 17.0 Å². The van der Waals surface area contributed by atoms with Crippen molar-refractivity contribution in [2.45, 2.75) is 6.54 Å². The first-order chi connectivity index (χ1) is 8.97. The molecule has 19 heavy (non-hydrogen) atoms. The number of amides is 1. The fourth-order valence-electron chi connectivity index (χ4n) is 1.43. The van der Waals surface area contributed by atoms with Gasteiger partial charge < -0.3 is 11.1 Å². The maximum absolute atomic E-state index is 13.2. The number of hydrogen-bond acceptors (Lipinski definition) is 3. The minimum absolute atomic E-state index is 0.119. The van der Waals surface area contributed by atoms with Crippen LogP contribution in [0.5, 0.6) is 0 Å². The predicted octanol–water partition coefficient (Wildman–Crippen LogP) is 3.19. The molecule has 2 aromatic rings. The Hall–Kier alpha value is -1.66. The number of benzene rings is 1. The summed E-state index contributed by atoms with van der Waals surface area (Å²) in [4.78, 5) is 12.6. The highest BCUT2D eigenvalue weighted by Gasteiger charge is 2.13. The molecule has 7 heteroatoms. The number of rotatable bonds is 3. The molecule has 0 spiro atoms. The molecule has 2 rings (SSSR count). The van der Waals surface area contributed by atoms with Crippen LogP contribution >= 0.6 is 22.9 Å². The van der Waals surface area contributed by atoms with Gasteiger partial charge in [0.25, 0.3) is 5.91 Å². The topological polar surface area (TPSA) is 55.1 Å². The molecule has 100 valence electrons. The number of nitrogens with two attached hydrogens (primary N) is 1. The van der Waals surface area contributed by atoms with Crippen LogP contribution in [0.15, 0.2) is 24.3 Å². The van der Waals surface area contributed by atoms with Crippen molar-refractivity contribution in [2.75, 3.05) is 5.73 Å². The van der Waals surface area contributed by atoms with Crippen molar-refractivity contribution in [1.82, 2.24) is 5.32 Å². The van der Waals surface area contributed by atoms with Crippen molar-refractivity contribution < 1.29 is 13.6 Å². The summed E-state index contributed by atoms with van der Waals surface area (Å²) < 4.78 is 27.0. The third-order valence-corrected chi connectivity index (χ3v) is 3.62. The van der Waals surface area contributed by atoms with Gasteiger partial charge in [-0.1, -0.05) is 11.6 Å². The van der Waals surface area contributed by atoms with E-state index in [0.29, 0.717) is 4.34 Å². The Bertz CT molecular complexity index is 607. The van der Waals surface area contributed by atoms with Crippen molar-refractivity contribution in [3.8, 4) is 0 Å². The molecule has 3 N–H and O–H groups in total. The standard InChI is InChI=1S/C12H9ClF2N2OS/c13-10-2-1-7(19-10)5-17-12(18)6-3-8(14)11(16)9(15)4-6/h1-4H,5,16H2,(H,17,18). The van der Waals surface area contributed by atoms with Crippen molar-refractivity contribution in [1.29, 1.82) is 0 Å². The first-order valence-electron chi connectivity index (χ1n) is 5.24. The highest BCUT2D eigenvalue weighted by molar-refractivity contribution is 7.16. The number of hydrogen-bond donors (Lipinski definition) is 2. The van der Waals surface area contributed by atoms with Gasteiger partial charge in [-0.3, -0.25) is 4.79 Å². The third kappa shape index (κ3) is 3.21. The number of halogens is 3. The van der Waals surface area contributed by atoms with Crippen LogP contribution in [0.1, 0.15) is 15.2 Å². The molecule has 0 saturated carbocycles. The number of nitrogen functional groups attached to an aromatic ring is 1. The summed E-state index contributed by atoms with van der Waals surface area (Å²) in [5, 5.41) is 2.54. The molecule has 0 aliphatic rings. The zero-order valence-corrected chi connectivity index (χ0v) is 11.1. The molecule has 0 saturated heterocycles. The quantitative estimate of drug-likeness (QED) is 0.856. The van der Waals surface area contributed by atoms with Gasteiger partial charge in [-0.15, -0.1) is 11.3 Å². The molecule has 1 amide bonds. The maximum Gasteiger partial charge on any atom is 0.251 e. The van der Waals surface area contributed by atoms with E-state index >= 15 is 0 Å². The molecule has 0 atom stereocenters. The Morgan fingerprint density at radius 3 is 2.47 bits per heavy atom. The lowest BCUT2D eigenvalue weighted by Crippen LogP contribution is -2.22. The molecular formula is C12H9ClF2N2OS. The SMILES string of the molecule is Nc1c(F)cc(C(=O)NCc2ccc(Cl)s2)cc1F. The van der Waals surface area contributed by atoms with Crippen LogP contribution in [0.4, 0.5) is 14.5 Å². The minimum Gasteiger partial charge on any atom is -0.394 e. The molecule has 0 fully saturated rings. The van der Waals surface area contributed by atoms with Crippen molar-refractivity contribution in [3.05, 3.63) is 50.7 Å². The first kappa shape index (κ1) is 13.8. The summed E-state index contributed by atoms with van der Waals surface area (Å²) >= 11 is 7.06. The lowest BCUT2D eigenvalue weighted by molar-refractivity contribution is 0.0950. The van der Waals surface area contributed by atoms with Crippen molar-refractivity contribution in [3.63, 3.8) is 0 Å². The van der Waals surface area contributed by atoms with Gasteiger partial charge in [-0.25, -0.2) is 8.78 Å². The van der Waals surface area contributed by atoms with Crippen LogP contribution in [-0.2, 0) is 6.54 Å². The van der Waals surface area contributed by atoms with E-state index < -0.39 is 23.2 Å². The normalized spacial score (nSPS) is 10.5. The molecule has 0 aliphatic heterocycles. The van der Waals surface area contributed by atoms with Gasteiger partial charge in [-0.2, -0.15) is 0 Å². The summed E-state index contributed by atoms with van der Waals surface area (Å²) in [6.07, 6.45) is 0. The Morgan fingerprint density at radius 2 is 1.95 bits per heavy atom. The number of anilines is 1. The van der Waals surface area contributed by atoms with Crippen LogP contribution in [0.25, 0.3) is 0 Å². The monoisotopic (exact) mass is 302 g/mol. The maximum atomic E-state index is 13.2. The van der Waals surface area contributed by atoms with Gasteiger partial charge in [0, 0.05) is 10.4 Å². The van der Waals surface area contributed by atoms with Crippen LogP contribution in [0, 0.1) is 11.6 Å². The third-order valence-electron chi connectivity index (χ3n) is 2.39. The summed E-state index contributed by atoms with van der Waals surface area (Å²) in [5.74, 6) is -2.49. The number of carbonyl (C=O) groups excluding carboxylic acids is 1. The van der Waals surface area contributed by atoms with E-state index in [-0.39, 0.29) is 12.1 Å². The predicted molar refractivity (Wildman–Crippen MR) is 71.3 cm³/mol. The second kappa shape index (κ2) is 5.54. The Morgan fingerprint density at radius 1 is 1.32 bits per heavy atom. The minimum atomic E-state index is -0.954. The van der Waals surface area contributed by atoms with Crippen LogP contribution < -0.4 is 11.1 Å². The lowest BCUT2D eigenvalue weighted by atomic mass is 10.1. The van der Waals surface area contributed by atoms with E-state index in [9.17, 15) is 13.6 Å².